The van der Waals surface area contributed by atoms with Gasteiger partial charge in [-0.25, -0.2) is 4.68 Å². The lowest BCUT2D eigenvalue weighted by molar-refractivity contribution is -0.384. The van der Waals surface area contributed by atoms with Gasteiger partial charge in [-0.1, -0.05) is 32.0 Å². The van der Waals surface area contributed by atoms with Crippen molar-refractivity contribution >= 4 is 11.6 Å². The number of nitro benzene ring substituents is 1. The minimum atomic E-state index is -0.474. The van der Waals surface area contributed by atoms with Crippen molar-refractivity contribution in [2.75, 3.05) is 13.7 Å². The summed E-state index contributed by atoms with van der Waals surface area (Å²) in [4.78, 5) is 23.6. The van der Waals surface area contributed by atoms with E-state index < -0.39 is 4.92 Å². The molecule has 8 nitrogen and oxygen atoms in total. The first-order chi connectivity index (χ1) is 14.4. The third-order valence-corrected chi connectivity index (χ3v) is 4.60. The highest BCUT2D eigenvalue weighted by molar-refractivity contribution is 5.94. The summed E-state index contributed by atoms with van der Waals surface area (Å²) in [6.45, 7) is 4.70. The molecule has 0 aliphatic heterocycles. The van der Waals surface area contributed by atoms with Crippen molar-refractivity contribution in [1.82, 2.24) is 15.1 Å². The molecule has 0 radical (unpaired) electrons. The fourth-order valence-electron chi connectivity index (χ4n) is 2.97. The Labute approximate surface area is 174 Å². The molecule has 0 aliphatic rings. The second kappa shape index (κ2) is 9.21. The van der Waals surface area contributed by atoms with Crippen molar-refractivity contribution in [3.63, 3.8) is 0 Å². The summed E-state index contributed by atoms with van der Waals surface area (Å²) >= 11 is 0. The van der Waals surface area contributed by atoms with Crippen LogP contribution in [0.25, 0.3) is 16.9 Å². The van der Waals surface area contributed by atoms with E-state index in [1.807, 2.05) is 24.3 Å². The van der Waals surface area contributed by atoms with E-state index in [4.69, 9.17) is 4.74 Å². The molecule has 8 heteroatoms. The van der Waals surface area contributed by atoms with Crippen LogP contribution < -0.4 is 10.1 Å². The molecular formula is C22H24N4O4. The van der Waals surface area contributed by atoms with Gasteiger partial charge in [0.15, 0.2) is 0 Å². The predicted molar refractivity (Wildman–Crippen MR) is 114 cm³/mol. The number of benzene rings is 2. The number of aromatic nitrogens is 2. The molecule has 0 unspecified atom stereocenters. The molecule has 2 aromatic carbocycles. The van der Waals surface area contributed by atoms with Gasteiger partial charge in [0.05, 0.1) is 23.4 Å². The summed E-state index contributed by atoms with van der Waals surface area (Å²) < 4.78 is 6.71. The number of nitrogens with one attached hydrogen (secondary N) is 1. The van der Waals surface area contributed by atoms with Gasteiger partial charge in [-0.3, -0.25) is 14.9 Å². The molecule has 3 aromatic rings. The van der Waals surface area contributed by atoms with Crippen LogP contribution in [-0.4, -0.2) is 34.3 Å². The zero-order valence-electron chi connectivity index (χ0n) is 17.2. The second-order valence-corrected chi connectivity index (χ2v) is 7.27. The van der Waals surface area contributed by atoms with Gasteiger partial charge in [0.1, 0.15) is 11.4 Å². The summed E-state index contributed by atoms with van der Waals surface area (Å²) in [5.74, 6) is 0.837. The maximum atomic E-state index is 12.9. The summed E-state index contributed by atoms with van der Waals surface area (Å²) in [6, 6.07) is 15.1. The van der Waals surface area contributed by atoms with E-state index in [1.54, 1.807) is 25.3 Å². The first kappa shape index (κ1) is 21.0. The zero-order valence-corrected chi connectivity index (χ0v) is 17.2. The van der Waals surface area contributed by atoms with E-state index >= 15 is 0 Å². The second-order valence-electron chi connectivity index (χ2n) is 7.27. The van der Waals surface area contributed by atoms with E-state index in [2.05, 4.69) is 24.3 Å². The maximum Gasteiger partial charge on any atom is 0.271 e. The normalized spacial score (nSPS) is 10.8. The van der Waals surface area contributed by atoms with Crippen LogP contribution in [0.5, 0.6) is 5.75 Å². The van der Waals surface area contributed by atoms with Crippen LogP contribution in [0.3, 0.4) is 0 Å². The van der Waals surface area contributed by atoms with Crippen molar-refractivity contribution in [1.29, 1.82) is 0 Å². The van der Waals surface area contributed by atoms with Crippen LogP contribution in [0.1, 0.15) is 30.8 Å². The molecule has 0 atom stereocenters. The van der Waals surface area contributed by atoms with Crippen molar-refractivity contribution in [3.05, 3.63) is 70.4 Å². The summed E-state index contributed by atoms with van der Waals surface area (Å²) in [5.41, 5.74) is 2.01. The Hall–Kier alpha value is -3.68. The van der Waals surface area contributed by atoms with E-state index in [0.717, 1.165) is 12.0 Å². The Balaban J connectivity index is 2.04. The predicted octanol–water partition coefficient (Wildman–Crippen LogP) is 4.23. The maximum absolute atomic E-state index is 12.9. The molecule has 0 saturated heterocycles. The van der Waals surface area contributed by atoms with Gasteiger partial charge in [-0.05, 0) is 36.6 Å². The Morgan fingerprint density at radius 2 is 1.97 bits per heavy atom. The standard InChI is InChI=1S/C22H24N4O4/c1-15(2)10-11-23-22(27)21-14-20(16-6-4-9-19(12-16)30-3)24-25(21)17-7-5-8-18(13-17)26(28)29/h4-9,12-15H,10-11H2,1-3H3,(H,23,27). The molecule has 0 spiro atoms. The number of ether oxygens (including phenoxy) is 1. The number of carbonyl (C=O) groups is 1. The summed E-state index contributed by atoms with van der Waals surface area (Å²) in [5, 5.41) is 18.7. The SMILES string of the molecule is COc1cccc(-c2cc(C(=O)NCCC(C)C)n(-c3cccc([N+](=O)[O-])c3)n2)c1. The fraction of sp³-hybridized carbons (Fsp3) is 0.273. The number of amides is 1. The quantitative estimate of drug-likeness (QED) is 0.444. The first-order valence-corrected chi connectivity index (χ1v) is 9.66. The number of rotatable bonds is 8. The molecular weight excluding hydrogens is 384 g/mol. The molecule has 3 rings (SSSR count). The molecule has 0 fully saturated rings. The van der Waals surface area contributed by atoms with Crippen LogP contribution in [0.4, 0.5) is 5.69 Å². The third-order valence-electron chi connectivity index (χ3n) is 4.60. The van der Waals surface area contributed by atoms with Gasteiger partial charge in [0, 0.05) is 24.2 Å². The Morgan fingerprint density at radius 1 is 1.20 bits per heavy atom. The Kier molecular flexibility index (Phi) is 6.46. The number of non-ortho nitro benzene ring substituents is 1. The highest BCUT2D eigenvalue weighted by Crippen LogP contribution is 2.26. The lowest BCUT2D eigenvalue weighted by Crippen LogP contribution is -2.27. The molecule has 30 heavy (non-hydrogen) atoms. The molecule has 0 bridgehead atoms. The minimum absolute atomic E-state index is 0.0721. The number of nitro groups is 1. The van der Waals surface area contributed by atoms with E-state index in [-0.39, 0.29) is 11.6 Å². The lowest BCUT2D eigenvalue weighted by Gasteiger charge is -2.09. The number of hydrogen-bond acceptors (Lipinski definition) is 5. The van der Waals surface area contributed by atoms with Crippen LogP contribution in [0.2, 0.25) is 0 Å². The molecule has 1 amide bonds. The van der Waals surface area contributed by atoms with Crippen LogP contribution in [0, 0.1) is 16.0 Å². The van der Waals surface area contributed by atoms with Gasteiger partial charge < -0.3 is 10.1 Å². The van der Waals surface area contributed by atoms with Gasteiger partial charge in [-0.2, -0.15) is 5.10 Å². The van der Waals surface area contributed by atoms with Gasteiger partial charge in [0.2, 0.25) is 0 Å². The fourth-order valence-corrected chi connectivity index (χ4v) is 2.97. The largest absolute Gasteiger partial charge is 0.497 e. The van der Waals surface area contributed by atoms with Crippen LogP contribution in [0.15, 0.2) is 54.6 Å². The van der Waals surface area contributed by atoms with Crippen molar-refractivity contribution in [3.8, 4) is 22.7 Å². The van der Waals surface area contributed by atoms with Gasteiger partial charge >= 0.3 is 0 Å². The molecule has 0 aliphatic carbocycles. The van der Waals surface area contributed by atoms with Crippen molar-refractivity contribution < 1.29 is 14.5 Å². The number of carbonyl (C=O) groups excluding carboxylic acids is 1. The van der Waals surface area contributed by atoms with Crippen LogP contribution >= 0.6 is 0 Å². The topological polar surface area (TPSA) is 99.3 Å². The number of nitrogens with zero attached hydrogens (tertiary/aromatic N) is 3. The first-order valence-electron chi connectivity index (χ1n) is 9.66. The molecule has 156 valence electrons. The summed E-state index contributed by atoms with van der Waals surface area (Å²) in [7, 11) is 1.58. The molecule has 1 heterocycles. The highest BCUT2D eigenvalue weighted by atomic mass is 16.6. The van der Waals surface area contributed by atoms with E-state index in [9.17, 15) is 14.9 Å². The van der Waals surface area contributed by atoms with Crippen molar-refractivity contribution in [2.45, 2.75) is 20.3 Å². The monoisotopic (exact) mass is 408 g/mol. The average Bonchev–Trinajstić information content (AvgIpc) is 3.19. The zero-order chi connectivity index (χ0) is 21.7. The van der Waals surface area contributed by atoms with Crippen LogP contribution in [-0.2, 0) is 0 Å². The minimum Gasteiger partial charge on any atom is -0.497 e. The number of hydrogen-bond donors (Lipinski definition) is 1. The molecule has 1 aromatic heterocycles. The average molecular weight is 408 g/mol. The Morgan fingerprint density at radius 3 is 2.67 bits per heavy atom. The van der Waals surface area contributed by atoms with Gasteiger partial charge in [-0.15, -0.1) is 0 Å². The smallest absolute Gasteiger partial charge is 0.271 e. The summed E-state index contributed by atoms with van der Waals surface area (Å²) in [6.07, 6.45) is 0.847. The Bertz CT molecular complexity index is 1060. The van der Waals surface area contributed by atoms with E-state index in [1.165, 1.54) is 16.8 Å². The van der Waals surface area contributed by atoms with Gasteiger partial charge in [0.25, 0.3) is 11.6 Å². The van der Waals surface area contributed by atoms with Crippen molar-refractivity contribution in [2.24, 2.45) is 5.92 Å². The molecule has 0 saturated carbocycles. The highest BCUT2D eigenvalue weighted by Gasteiger charge is 2.19. The third kappa shape index (κ3) is 4.83. The lowest BCUT2D eigenvalue weighted by atomic mass is 10.1. The molecule has 1 N–H and O–H groups in total. The number of methoxy groups -OCH3 is 1. The van der Waals surface area contributed by atoms with E-state index in [0.29, 0.717) is 35.3 Å².